The van der Waals surface area contributed by atoms with Gasteiger partial charge in [0.2, 0.25) is 5.91 Å². The summed E-state index contributed by atoms with van der Waals surface area (Å²) in [4.78, 5) is 23.8. The Balaban J connectivity index is 2.24. The first-order valence-corrected chi connectivity index (χ1v) is 5.65. The molecule has 1 aliphatic rings. The molecular weight excluding hydrogens is 208 g/mol. The van der Waals surface area contributed by atoms with Gasteiger partial charge in [-0.1, -0.05) is 13.8 Å². The number of hydrogen-bond acceptors (Lipinski definition) is 3. The molecule has 1 atom stereocenters. The Morgan fingerprint density at radius 3 is 2.44 bits per heavy atom. The lowest BCUT2D eigenvalue weighted by Crippen LogP contribution is -2.52. The number of nitrogens with two attached hydrogens (primary N) is 1. The van der Waals surface area contributed by atoms with Gasteiger partial charge in [0.15, 0.2) is 0 Å². The Hall–Kier alpha value is -1.10. The summed E-state index contributed by atoms with van der Waals surface area (Å²) in [7, 11) is 0. The number of aliphatic carboxylic acids is 1. The summed E-state index contributed by atoms with van der Waals surface area (Å²) in [6.07, 6.45) is 0.511. The van der Waals surface area contributed by atoms with Gasteiger partial charge in [0, 0.05) is 31.5 Å². The molecule has 0 radical (unpaired) electrons. The first-order chi connectivity index (χ1) is 7.40. The van der Waals surface area contributed by atoms with E-state index in [1.54, 1.807) is 4.90 Å². The molecular formula is C11H20N2O3. The number of carboxylic acids is 1. The van der Waals surface area contributed by atoms with Crippen LogP contribution in [0, 0.1) is 11.8 Å². The molecule has 5 heteroatoms. The number of carboxylic acid groups (broad SMARTS) is 1. The van der Waals surface area contributed by atoms with Gasteiger partial charge in [-0.15, -0.1) is 0 Å². The van der Waals surface area contributed by atoms with E-state index in [-0.39, 0.29) is 24.3 Å². The summed E-state index contributed by atoms with van der Waals surface area (Å²) in [5, 5.41) is 8.57. The quantitative estimate of drug-likeness (QED) is 0.708. The molecule has 0 saturated carbocycles. The van der Waals surface area contributed by atoms with Crippen LogP contribution in [-0.2, 0) is 9.59 Å². The van der Waals surface area contributed by atoms with Crippen LogP contribution in [0.4, 0.5) is 0 Å². The van der Waals surface area contributed by atoms with Crippen LogP contribution in [0.3, 0.4) is 0 Å². The summed E-state index contributed by atoms with van der Waals surface area (Å²) in [5.41, 5.74) is 5.81. The Morgan fingerprint density at radius 2 is 2.00 bits per heavy atom. The summed E-state index contributed by atoms with van der Waals surface area (Å²) in [5.74, 6) is -0.337. The minimum Gasteiger partial charge on any atom is -0.481 e. The highest BCUT2D eigenvalue weighted by Gasteiger charge is 2.32. The molecule has 0 aromatic heterocycles. The SMILES string of the molecule is CC(C)C(N)CC(=O)N1CC(CC(=O)O)C1. The Labute approximate surface area is 95.6 Å². The van der Waals surface area contributed by atoms with Crippen molar-refractivity contribution in [3.63, 3.8) is 0 Å². The van der Waals surface area contributed by atoms with E-state index < -0.39 is 5.97 Å². The van der Waals surface area contributed by atoms with E-state index in [4.69, 9.17) is 10.8 Å². The standard InChI is InChI=1S/C11H20N2O3/c1-7(2)9(12)4-10(14)13-5-8(6-13)3-11(15)16/h7-9H,3-6,12H2,1-2H3,(H,15,16). The maximum Gasteiger partial charge on any atom is 0.303 e. The lowest BCUT2D eigenvalue weighted by Gasteiger charge is -2.39. The molecule has 1 heterocycles. The number of hydrogen-bond donors (Lipinski definition) is 2. The second kappa shape index (κ2) is 5.30. The van der Waals surface area contributed by atoms with Crippen molar-refractivity contribution in [2.24, 2.45) is 17.6 Å². The van der Waals surface area contributed by atoms with Crippen LogP contribution < -0.4 is 5.73 Å². The van der Waals surface area contributed by atoms with Crippen LogP contribution >= 0.6 is 0 Å². The van der Waals surface area contributed by atoms with Crippen molar-refractivity contribution in [2.75, 3.05) is 13.1 Å². The molecule has 1 rings (SSSR count). The number of nitrogens with zero attached hydrogens (tertiary/aromatic N) is 1. The molecule has 0 spiro atoms. The molecule has 5 nitrogen and oxygen atoms in total. The van der Waals surface area contributed by atoms with Crippen molar-refractivity contribution in [1.29, 1.82) is 0 Å². The second-order valence-electron chi connectivity index (χ2n) is 4.87. The lowest BCUT2D eigenvalue weighted by atomic mass is 9.94. The zero-order valence-corrected chi connectivity index (χ0v) is 9.85. The molecule has 0 bridgehead atoms. The van der Waals surface area contributed by atoms with Crippen molar-refractivity contribution in [3.8, 4) is 0 Å². The van der Waals surface area contributed by atoms with Gasteiger partial charge in [-0.3, -0.25) is 9.59 Å². The topological polar surface area (TPSA) is 83.6 Å². The second-order valence-corrected chi connectivity index (χ2v) is 4.87. The van der Waals surface area contributed by atoms with Gasteiger partial charge in [0.05, 0.1) is 6.42 Å². The van der Waals surface area contributed by atoms with Crippen LogP contribution in [0.15, 0.2) is 0 Å². The van der Waals surface area contributed by atoms with E-state index in [1.165, 1.54) is 0 Å². The fourth-order valence-corrected chi connectivity index (χ4v) is 1.72. The Morgan fingerprint density at radius 1 is 1.44 bits per heavy atom. The smallest absolute Gasteiger partial charge is 0.303 e. The maximum absolute atomic E-state index is 11.7. The van der Waals surface area contributed by atoms with E-state index >= 15 is 0 Å². The van der Waals surface area contributed by atoms with E-state index in [2.05, 4.69) is 0 Å². The molecule has 0 aliphatic carbocycles. The molecule has 16 heavy (non-hydrogen) atoms. The average molecular weight is 228 g/mol. The number of likely N-dealkylation sites (tertiary alicyclic amines) is 1. The average Bonchev–Trinajstić information content (AvgIpc) is 2.09. The first-order valence-electron chi connectivity index (χ1n) is 5.65. The van der Waals surface area contributed by atoms with E-state index in [0.717, 1.165) is 0 Å². The van der Waals surface area contributed by atoms with Gasteiger partial charge < -0.3 is 15.7 Å². The van der Waals surface area contributed by atoms with Crippen LogP contribution in [-0.4, -0.2) is 41.0 Å². The molecule has 1 unspecified atom stereocenters. The monoisotopic (exact) mass is 228 g/mol. The van der Waals surface area contributed by atoms with E-state index in [1.807, 2.05) is 13.8 Å². The molecule has 1 fully saturated rings. The highest BCUT2D eigenvalue weighted by atomic mass is 16.4. The Bertz CT molecular complexity index is 272. The predicted octanol–water partition coefficient (Wildman–Crippen LogP) is 0.293. The summed E-state index contributed by atoms with van der Waals surface area (Å²) >= 11 is 0. The largest absolute Gasteiger partial charge is 0.481 e. The fourth-order valence-electron chi connectivity index (χ4n) is 1.72. The third kappa shape index (κ3) is 3.48. The van der Waals surface area contributed by atoms with E-state index in [0.29, 0.717) is 25.4 Å². The molecule has 92 valence electrons. The van der Waals surface area contributed by atoms with Crippen molar-refractivity contribution >= 4 is 11.9 Å². The minimum absolute atomic E-state index is 0.0443. The van der Waals surface area contributed by atoms with Gasteiger partial charge in [0.25, 0.3) is 0 Å². The summed E-state index contributed by atoms with van der Waals surface area (Å²) < 4.78 is 0. The van der Waals surface area contributed by atoms with Crippen molar-refractivity contribution in [2.45, 2.75) is 32.7 Å². The Kier molecular flexibility index (Phi) is 4.29. The molecule has 0 aromatic carbocycles. The van der Waals surface area contributed by atoms with Gasteiger partial charge in [0.1, 0.15) is 0 Å². The first kappa shape index (κ1) is 13.0. The molecule has 3 N–H and O–H groups in total. The number of carbonyl (C=O) groups is 2. The maximum atomic E-state index is 11.7. The fraction of sp³-hybridized carbons (Fsp3) is 0.818. The number of rotatable bonds is 5. The zero-order chi connectivity index (χ0) is 12.3. The molecule has 1 saturated heterocycles. The molecule has 1 amide bonds. The predicted molar refractivity (Wildman–Crippen MR) is 59.8 cm³/mol. The van der Waals surface area contributed by atoms with Gasteiger partial charge in [-0.05, 0) is 5.92 Å². The van der Waals surface area contributed by atoms with Gasteiger partial charge in [-0.25, -0.2) is 0 Å². The molecule has 1 aliphatic heterocycles. The van der Waals surface area contributed by atoms with Gasteiger partial charge >= 0.3 is 5.97 Å². The van der Waals surface area contributed by atoms with Crippen molar-refractivity contribution in [1.82, 2.24) is 4.90 Å². The van der Waals surface area contributed by atoms with Crippen LogP contribution in [0.5, 0.6) is 0 Å². The van der Waals surface area contributed by atoms with Gasteiger partial charge in [-0.2, -0.15) is 0 Å². The normalized spacial score (nSPS) is 18.4. The minimum atomic E-state index is -0.795. The van der Waals surface area contributed by atoms with E-state index in [9.17, 15) is 9.59 Å². The molecule has 0 aromatic rings. The highest BCUT2D eigenvalue weighted by Crippen LogP contribution is 2.20. The summed E-state index contributed by atoms with van der Waals surface area (Å²) in [6.45, 7) is 5.11. The highest BCUT2D eigenvalue weighted by molar-refractivity contribution is 5.78. The van der Waals surface area contributed by atoms with Crippen molar-refractivity contribution < 1.29 is 14.7 Å². The number of carbonyl (C=O) groups excluding carboxylic acids is 1. The third-order valence-electron chi connectivity index (χ3n) is 3.04. The summed E-state index contributed by atoms with van der Waals surface area (Å²) in [6, 6.07) is -0.106. The third-order valence-corrected chi connectivity index (χ3v) is 3.04. The van der Waals surface area contributed by atoms with Crippen molar-refractivity contribution in [3.05, 3.63) is 0 Å². The van der Waals surface area contributed by atoms with Crippen LogP contribution in [0.1, 0.15) is 26.7 Å². The zero-order valence-electron chi connectivity index (χ0n) is 9.85. The lowest BCUT2D eigenvalue weighted by molar-refractivity contribution is -0.145. The number of amides is 1. The van der Waals surface area contributed by atoms with Crippen LogP contribution in [0.25, 0.3) is 0 Å². The van der Waals surface area contributed by atoms with Crippen LogP contribution in [0.2, 0.25) is 0 Å².